The topological polar surface area (TPSA) is 57.9 Å². The molecule has 7 rings (SSSR count). The zero-order valence-electron chi connectivity index (χ0n) is 17.1. The molecule has 0 N–H and O–H groups in total. The second-order valence-corrected chi connectivity index (χ2v) is 12.7. The van der Waals surface area contributed by atoms with Crippen LogP contribution in [0.25, 0.3) is 4.96 Å². The van der Waals surface area contributed by atoms with Gasteiger partial charge in [0.15, 0.2) is 4.96 Å². The molecule has 5 aliphatic rings. The van der Waals surface area contributed by atoms with E-state index in [0.29, 0.717) is 12.5 Å². The lowest BCUT2D eigenvalue weighted by atomic mass is 9.49. The van der Waals surface area contributed by atoms with Crippen LogP contribution < -0.4 is 5.56 Å². The van der Waals surface area contributed by atoms with Gasteiger partial charge in [-0.15, -0.1) is 11.3 Å². The molecule has 2 aromatic rings. The number of carbonyl (C=O) groups excluding carboxylic acids is 1. The number of fused-ring (bicyclic) bond motifs is 1. The predicted octanol–water partition coefficient (Wildman–Crippen LogP) is 3.13. The van der Waals surface area contributed by atoms with Crippen LogP contribution in [0.2, 0.25) is 0 Å². The Kier molecular flexibility index (Phi) is 4.45. The number of halogens is 1. The van der Waals surface area contributed by atoms with Crippen molar-refractivity contribution in [1.82, 2.24) is 19.2 Å². The SMILES string of the molecule is O=C(N1CCN(Cc2cc(=O)n3ccsc3n2)CC1)C12CC3CC(CC(Br)(C3)C1)C2. The molecule has 1 saturated heterocycles. The van der Waals surface area contributed by atoms with Gasteiger partial charge in [0.1, 0.15) is 0 Å². The minimum absolute atomic E-state index is 0.0180. The molecule has 0 aromatic carbocycles. The third-order valence-corrected chi connectivity index (χ3v) is 9.53. The highest BCUT2D eigenvalue weighted by Crippen LogP contribution is 2.64. The van der Waals surface area contributed by atoms with Crippen LogP contribution in [0.4, 0.5) is 0 Å². The lowest BCUT2D eigenvalue weighted by Gasteiger charge is -2.60. The smallest absolute Gasteiger partial charge is 0.258 e. The Morgan fingerprint density at radius 3 is 2.60 bits per heavy atom. The lowest BCUT2D eigenvalue weighted by Crippen LogP contribution is -2.61. The first-order chi connectivity index (χ1) is 14.4. The maximum atomic E-state index is 13.7. The van der Waals surface area contributed by atoms with Crippen LogP contribution in [-0.2, 0) is 11.3 Å². The van der Waals surface area contributed by atoms with E-state index in [1.54, 1.807) is 16.7 Å². The molecule has 6 nitrogen and oxygen atoms in total. The Labute approximate surface area is 188 Å². The molecule has 2 unspecified atom stereocenters. The number of amides is 1. The molecular weight excluding hydrogens is 464 g/mol. The van der Waals surface area contributed by atoms with E-state index in [4.69, 9.17) is 0 Å². The molecule has 5 fully saturated rings. The van der Waals surface area contributed by atoms with Gasteiger partial charge in [-0.3, -0.25) is 18.9 Å². The maximum Gasteiger partial charge on any atom is 0.258 e. The molecule has 1 amide bonds. The maximum absolute atomic E-state index is 13.7. The van der Waals surface area contributed by atoms with E-state index in [9.17, 15) is 9.59 Å². The second-order valence-electron chi connectivity index (χ2n) is 10.1. The molecule has 3 heterocycles. The van der Waals surface area contributed by atoms with E-state index in [1.165, 1.54) is 30.6 Å². The number of piperazine rings is 1. The molecule has 4 saturated carbocycles. The van der Waals surface area contributed by atoms with Gasteiger partial charge in [0.2, 0.25) is 5.91 Å². The largest absolute Gasteiger partial charge is 0.340 e. The van der Waals surface area contributed by atoms with E-state index in [1.807, 2.05) is 5.38 Å². The third kappa shape index (κ3) is 3.17. The molecule has 160 valence electrons. The van der Waals surface area contributed by atoms with Crippen LogP contribution in [0, 0.1) is 17.3 Å². The van der Waals surface area contributed by atoms with Crippen LogP contribution in [0.3, 0.4) is 0 Å². The Bertz CT molecular complexity index is 1040. The van der Waals surface area contributed by atoms with Gasteiger partial charge in [0.25, 0.3) is 5.56 Å². The standard InChI is InChI=1S/C22H27BrN4O2S/c23-22-11-15-7-16(12-22)10-21(9-15,14-22)19(29)26-3-1-25(2-4-26)13-17-8-18(28)27-5-6-30-20(27)24-17/h5-6,8,15-16H,1-4,7,9-14H2. The summed E-state index contributed by atoms with van der Waals surface area (Å²) in [5.74, 6) is 1.87. The summed E-state index contributed by atoms with van der Waals surface area (Å²) in [7, 11) is 0. The van der Waals surface area contributed by atoms with Gasteiger partial charge >= 0.3 is 0 Å². The Morgan fingerprint density at radius 1 is 1.17 bits per heavy atom. The third-order valence-electron chi connectivity index (χ3n) is 7.84. The first kappa shape index (κ1) is 19.4. The van der Waals surface area contributed by atoms with Gasteiger partial charge < -0.3 is 4.90 Å². The summed E-state index contributed by atoms with van der Waals surface area (Å²) in [5.41, 5.74) is 0.691. The summed E-state index contributed by atoms with van der Waals surface area (Å²) in [6, 6.07) is 1.64. The highest BCUT2D eigenvalue weighted by atomic mass is 79.9. The molecule has 8 heteroatoms. The van der Waals surface area contributed by atoms with Gasteiger partial charge in [-0.2, -0.15) is 0 Å². The van der Waals surface area contributed by atoms with Crippen molar-refractivity contribution in [3.63, 3.8) is 0 Å². The van der Waals surface area contributed by atoms with E-state index in [0.717, 1.165) is 67.9 Å². The Balaban J connectivity index is 1.12. The monoisotopic (exact) mass is 490 g/mol. The summed E-state index contributed by atoms with van der Waals surface area (Å²) in [6.07, 6.45) is 8.85. The van der Waals surface area contributed by atoms with E-state index in [-0.39, 0.29) is 15.3 Å². The average Bonchev–Trinajstić information content (AvgIpc) is 3.15. The van der Waals surface area contributed by atoms with Gasteiger partial charge in [0.05, 0.1) is 11.1 Å². The molecule has 30 heavy (non-hydrogen) atoms. The van der Waals surface area contributed by atoms with Crippen molar-refractivity contribution in [3.8, 4) is 0 Å². The van der Waals surface area contributed by atoms with Crippen LogP contribution in [0.15, 0.2) is 22.4 Å². The van der Waals surface area contributed by atoms with Crippen LogP contribution in [0.5, 0.6) is 0 Å². The van der Waals surface area contributed by atoms with Crippen LogP contribution in [0.1, 0.15) is 44.2 Å². The van der Waals surface area contributed by atoms with Crippen molar-refractivity contribution in [2.24, 2.45) is 17.3 Å². The molecule has 4 bridgehead atoms. The van der Waals surface area contributed by atoms with Gasteiger partial charge in [-0.1, -0.05) is 15.9 Å². The fraction of sp³-hybridized carbons (Fsp3) is 0.682. The van der Waals surface area contributed by atoms with Crippen LogP contribution >= 0.6 is 27.3 Å². The number of hydrogen-bond acceptors (Lipinski definition) is 5. The molecule has 1 aliphatic heterocycles. The van der Waals surface area contributed by atoms with Crippen molar-refractivity contribution in [3.05, 3.63) is 33.7 Å². The molecule has 2 aromatic heterocycles. The highest BCUT2D eigenvalue weighted by Gasteiger charge is 2.60. The number of carbonyl (C=O) groups is 1. The zero-order chi connectivity index (χ0) is 20.5. The fourth-order valence-electron chi connectivity index (χ4n) is 7.04. The summed E-state index contributed by atoms with van der Waals surface area (Å²) in [4.78, 5) is 35.7. The van der Waals surface area contributed by atoms with Crippen molar-refractivity contribution >= 4 is 38.1 Å². The average molecular weight is 491 g/mol. The van der Waals surface area contributed by atoms with Crippen molar-refractivity contribution in [1.29, 1.82) is 0 Å². The second kappa shape index (κ2) is 6.87. The van der Waals surface area contributed by atoms with Gasteiger partial charge in [-0.25, -0.2) is 4.98 Å². The van der Waals surface area contributed by atoms with Crippen molar-refractivity contribution in [2.75, 3.05) is 26.2 Å². The highest BCUT2D eigenvalue weighted by molar-refractivity contribution is 9.10. The molecule has 2 atom stereocenters. The van der Waals surface area contributed by atoms with Crippen molar-refractivity contribution in [2.45, 2.75) is 49.4 Å². The van der Waals surface area contributed by atoms with Gasteiger partial charge in [-0.05, 0) is 50.4 Å². The number of alkyl halides is 1. The molecule has 0 spiro atoms. The summed E-state index contributed by atoms with van der Waals surface area (Å²) in [5, 5.41) is 1.89. The fourth-order valence-corrected chi connectivity index (χ4v) is 9.23. The van der Waals surface area contributed by atoms with E-state index in [2.05, 4.69) is 30.7 Å². The summed E-state index contributed by atoms with van der Waals surface area (Å²) >= 11 is 5.52. The number of hydrogen-bond donors (Lipinski definition) is 0. The van der Waals surface area contributed by atoms with Gasteiger partial charge in [0, 0.05) is 54.7 Å². The Hall–Kier alpha value is -1.25. The molecule has 4 aliphatic carbocycles. The number of nitrogens with zero attached hydrogens (tertiary/aromatic N) is 4. The first-order valence-corrected chi connectivity index (χ1v) is 12.8. The zero-order valence-corrected chi connectivity index (χ0v) is 19.5. The molecule has 0 radical (unpaired) electrons. The summed E-state index contributed by atoms with van der Waals surface area (Å²) in [6.45, 7) is 3.93. The van der Waals surface area contributed by atoms with Crippen molar-refractivity contribution < 1.29 is 4.79 Å². The minimum Gasteiger partial charge on any atom is -0.340 e. The lowest BCUT2D eigenvalue weighted by molar-refractivity contribution is -0.157. The number of rotatable bonds is 3. The number of aromatic nitrogens is 2. The normalized spacial score (nSPS) is 36.0. The summed E-state index contributed by atoms with van der Waals surface area (Å²) < 4.78 is 1.81. The quantitative estimate of drug-likeness (QED) is 0.620. The molecular formula is C22H27BrN4O2S. The first-order valence-electron chi connectivity index (χ1n) is 11.1. The number of thiazole rings is 1. The van der Waals surface area contributed by atoms with E-state index >= 15 is 0 Å². The van der Waals surface area contributed by atoms with Crippen LogP contribution in [-0.4, -0.2) is 55.6 Å². The van der Waals surface area contributed by atoms with E-state index < -0.39 is 0 Å². The Morgan fingerprint density at radius 2 is 1.90 bits per heavy atom. The predicted molar refractivity (Wildman–Crippen MR) is 120 cm³/mol. The minimum atomic E-state index is -0.115.